The lowest BCUT2D eigenvalue weighted by Crippen LogP contribution is -2.45. The number of ether oxygens (including phenoxy) is 1. The van der Waals surface area contributed by atoms with Crippen LogP contribution >= 0.6 is 0 Å². The lowest BCUT2D eigenvalue weighted by atomic mass is 9.79. The van der Waals surface area contributed by atoms with Crippen LogP contribution in [0.5, 0.6) is 0 Å². The van der Waals surface area contributed by atoms with Crippen LogP contribution in [-0.4, -0.2) is 35.5 Å². The molecule has 0 fully saturated rings. The first-order valence-electron chi connectivity index (χ1n) is 7.08. The second-order valence-corrected chi connectivity index (χ2v) is 6.31. The molecule has 8 heteroatoms. The largest absolute Gasteiger partial charge is 0.481 e. The van der Waals surface area contributed by atoms with Crippen molar-refractivity contribution in [3.05, 3.63) is 0 Å². The molecular weight excluding hydrogens is 303 g/mol. The van der Waals surface area contributed by atoms with Gasteiger partial charge in [0.1, 0.15) is 5.60 Å². The molecule has 5 nitrogen and oxygen atoms in total. The molecule has 0 saturated carbocycles. The molecule has 0 aromatic rings. The van der Waals surface area contributed by atoms with E-state index in [1.807, 2.05) is 0 Å². The summed E-state index contributed by atoms with van der Waals surface area (Å²) in [5.74, 6) is -1.35. The highest BCUT2D eigenvalue weighted by Crippen LogP contribution is 2.34. The Bertz CT molecular complexity index is 391. The summed E-state index contributed by atoms with van der Waals surface area (Å²) in [7, 11) is 0. The maximum atomic E-state index is 12.4. The van der Waals surface area contributed by atoms with Gasteiger partial charge in [-0.2, -0.15) is 13.2 Å². The molecule has 0 spiro atoms. The molecular formula is C14H24F3NO4. The Morgan fingerprint density at radius 1 is 1.09 bits per heavy atom. The van der Waals surface area contributed by atoms with Crippen molar-refractivity contribution in [1.29, 1.82) is 0 Å². The number of rotatable bonds is 7. The zero-order valence-corrected chi connectivity index (χ0v) is 13.3. The molecule has 1 atom stereocenters. The number of carboxylic acid groups (broad SMARTS) is 1. The Morgan fingerprint density at radius 2 is 1.64 bits per heavy atom. The lowest BCUT2D eigenvalue weighted by molar-refractivity contribution is -0.158. The van der Waals surface area contributed by atoms with Crippen molar-refractivity contribution in [1.82, 2.24) is 5.32 Å². The molecule has 1 amide bonds. The molecule has 0 saturated heterocycles. The summed E-state index contributed by atoms with van der Waals surface area (Å²) in [6.45, 7) is 6.17. The minimum atomic E-state index is -4.44. The van der Waals surface area contributed by atoms with E-state index in [0.29, 0.717) is 6.42 Å². The van der Waals surface area contributed by atoms with Crippen molar-refractivity contribution in [3.63, 3.8) is 0 Å². The number of alkyl halides is 3. The SMILES string of the molecule is CCCC(CCC(F)(F)F)(CNC(=O)OC(C)(C)C)C(=O)O. The number of hydrogen-bond donors (Lipinski definition) is 2. The maximum absolute atomic E-state index is 12.4. The first kappa shape index (κ1) is 20.5. The van der Waals surface area contributed by atoms with Gasteiger partial charge in [0, 0.05) is 13.0 Å². The maximum Gasteiger partial charge on any atom is 0.407 e. The molecule has 0 aliphatic carbocycles. The molecule has 0 heterocycles. The number of carboxylic acids is 1. The average molecular weight is 327 g/mol. The van der Waals surface area contributed by atoms with E-state index in [-0.39, 0.29) is 6.42 Å². The predicted octanol–water partition coefficient (Wildman–Crippen LogP) is 3.72. The summed E-state index contributed by atoms with van der Waals surface area (Å²) in [4.78, 5) is 23.1. The van der Waals surface area contributed by atoms with Crippen molar-refractivity contribution in [3.8, 4) is 0 Å². The fourth-order valence-corrected chi connectivity index (χ4v) is 2.01. The van der Waals surface area contributed by atoms with Crippen LogP contribution in [0.3, 0.4) is 0 Å². The third kappa shape index (κ3) is 8.09. The predicted molar refractivity (Wildman–Crippen MR) is 74.5 cm³/mol. The van der Waals surface area contributed by atoms with E-state index in [4.69, 9.17) is 4.74 Å². The van der Waals surface area contributed by atoms with Gasteiger partial charge in [-0.15, -0.1) is 0 Å². The first-order chi connectivity index (χ1) is 9.81. The third-order valence-corrected chi connectivity index (χ3v) is 3.04. The third-order valence-electron chi connectivity index (χ3n) is 3.04. The highest BCUT2D eigenvalue weighted by molar-refractivity contribution is 5.76. The van der Waals surface area contributed by atoms with Crippen LogP contribution in [0.1, 0.15) is 53.4 Å². The molecule has 0 bridgehead atoms. The summed E-state index contributed by atoms with van der Waals surface area (Å²) in [6, 6.07) is 0. The van der Waals surface area contributed by atoms with Crippen molar-refractivity contribution in [2.75, 3.05) is 6.54 Å². The highest BCUT2D eigenvalue weighted by Gasteiger charge is 2.42. The Labute approximate surface area is 128 Å². The summed E-state index contributed by atoms with van der Waals surface area (Å²) in [5, 5.41) is 11.6. The molecule has 0 aromatic heterocycles. The van der Waals surface area contributed by atoms with Crippen molar-refractivity contribution >= 4 is 12.1 Å². The Kier molecular flexibility index (Phi) is 7.18. The van der Waals surface area contributed by atoms with Gasteiger partial charge < -0.3 is 15.2 Å². The van der Waals surface area contributed by atoms with Gasteiger partial charge in [-0.25, -0.2) is 4.79 Å². The van der Waals surface area contributed by atoms with Crippen LogP contribution in [-0.2, 0) is 9.53 Å². The van der Waals surface area contributed by atoms with E-state index in [0.717, 1.165) is 0 Å². The van der Waals surface area contributed by atoms with E-state index in [1.165, 1.54) is 0 Å². The number of hydrogen-bond acceptors (Lipinski definition) is 3. The van der Waals surface area contributed by atoms with Crippen LogP contribution < -0.4 is 5.32 Å². The Morgan fingerprint density at radius 3 is 2.00 bits per heavy atom. The fourth-order valence-electron chi connectivity index (χ4n) is 2.01. The Balaban J connectivity index is 4.92. The number of nitrogens with one attached hydrogen (secondary N) is 1. The van der Waals surface area contributed by atoms with E-state index in [2.05, 4.69) is 5.32 Å². The van der Waals surface area contributed by atoms with Gasteiger partial charge in [0.15, 0.2) is 0 Å². The van der Waals surface area contributed by atoms with Crippen LogP contribution in [0.15, 0.2) is 0 Å². The van der Waals surface area contributed by atoms with Crippen LogP contribution in [0.2, 0.25) is 0 Å². The van der Waals surface area contributed by atoms with Crippen LogP contribution in [0.4, 0.5) is 18.0 Å². The van der Waals surface area contributed by atoms with Gasteiger partial charge in [0.05, 0.1) is 5.41 Å². The standard InChI is InChI=1S/C14H24F3NO4/c1-5-6-13(10(19)20,7-8-14(15,16)17)9-18-11(21)22-12(2,3)4/h5-9H2,1-4H3,(H,18,21)(H,19,20). The van der Waals surface area contributed by atoms with Gasteiger partial charge in [-0.3, -0.25) is 4.79 Å². The summed E-state index contributed by atoms with van der Waals surface area (Å²) >= 11 is 0. The molecule has 2 N–H and O–H groups in total. The van der Waals surface area contributed by atoms with Crippen molar-refractivity contribution in [2.45, 2.75) is 65.2 Å². The molecule has 0 aliphatic rings. The number of aliphatic carboxylic acids is 1. The zero-order chi connectivity index (χ0) is 17.6. The topological polar surface area (TPSA) is 75.6 Å². The number of halogens is 3. The quantitative estimate of drug-likeness (QED) is 0.747. The average Bonchev–Trinajstić information content (AvgIpc) is 2.29. The minimum absolute atomic E-state index is 0.0359. The monoisotopic (exact) mass is 327 g/mol. The fraction of sp³-hybridized carbons (Fsp3) is 0.857. The summed E-state index contributed by atoms with van der Waals surface area (Å²) in [6.07, 6.45) is -6.67. The van der Waals surface area contributed by atoms with Gasteiger partial charge in [0.2, 0.25) is 0 Å². The highest BCUT2D eigenvalue weighted by atomic mass is 19.4. The van der Waals surface area contributed by atoms with Crippen LogP contribution in [0, 0.1) is 5.41 Å². The summed E-state index contributed by atoms with van der Waals surface area (Å²) in [5.41, 5.74) is -2.42. The minimum Gasteiger partial charge on any atom is -0.481 e. The first-order valence-corrected chi connectivity index (χ1v) is 7.08. The molecule has 130 valence electrons. The van der Waals surface area contributed by atoms with Crippen molar-refractivity contribution in [2.24, 2.45) is 5.41 Å². The van der Waals surface area contributed by atoms with Gasteiger partial charge >= 0.3 is 18.2 Å². The van der Waals surface area contributed by atoms with Crippen LogP contribution in [0.25, 0.3) is 0 Å². The van der Waals surface area contributed by atoms with E-state index >= 15 is 0 Å². The van der Waals surface area contributed by atoms with Gasteiger partial charge in [-0.05, 0) is 33.6 Å². The Hall–Kier alpha value is -1.47. The second-order valence-electron chi connectivity index (χ2n) is 6.31. The zero-order valence-electron chi connectivity index (χ0n) is 13.3. The number of alkyl carbamates (subject to hydrolysis) is 1. The second kappa shape index (κ2) is 7.69. The molecule has 0 rings (SSSR count). The molecule has 0 aromatic carbocycles. The normalized spacial score (nSPS) is 15.0. The molecule has 0 radical (unpaired) electrons. The summed E-state index contributed by atoms with van der Waals surface area (Å²) < 4.78 is 42.2. The lowest BCUT2D eigenvalue weighted by Gasteiger charge is -2.30. The smallest absolute Gasteiger partial charge is 0.407 e. The number of carbonyl (C=O) groups excluding carboxylic acids is 1. The van der Waals surface area contributed by atoms with Gasteiger partial charge in [0.25, 0.3) is 0 Å². The number of amides is 1. The van der Waals surface area contributed by atoms with Crippen molar-refractivity contribution < 1.29 is 32.6 Å². The van der Waals surface area contributed by atoms with E-state index in [9.17, 15) is 27.9 Å². The van der Waals surface area contributed by atoms with E-state index < -0.39 is 48.6 Å². The van der Waals surface area contributed by atoms with Gasteiger partial charge in [-0.1, -0.05) is 13.3 Å². The number of carbonyl (C=O) groups is 2. The molecule has 1 unspecified atom stereocenters. The van der Waals surface area contributed by atoms with E-state index in [1.54, 1.807) is 27.7 Å². The molecule has 22 heavy (non-hydrogen) atoms. The molecule has 0 aliphatic heterocycles.